The molecule has 9 heteroatoms. The van der Waals surface area contributed by atoms with Crippen molar-refractivity contribution in [3.63, 3.8) is 0 Å². The van der Waals surface area contributed by atoms with E-state index in [0.717, 1.165) is 24.2 Å². The predicted molar refractivity (Wildman–Crippen MR) is 89.3 cm³/mol. The normalized spacial score (nSPS) is 16.3. The zero-order valence-corrected chi connectivity index (χ0v) is 14.4. The van der Waals surface area contributed by atoms with E-state index in [1.165, 1.54) is 17.7 Å². The second-order valence-corrected chi connectivity index (χ2v) is 6.59. The van der Waals surface area contributed by atoms with Gasteiger partial charge in [0.1, 0.15) is 17.0 Å². The molecule has 1 aliphatic rings. The molecular weight excluding hydrogens is 330 g/mol. The van der Waals surface area contributed by atoms with E-state index < -0.39 is 0 Å². The summed E-state index contributed by atoms with van der Waals surface area (Å²) in [7, 11) is 0. The molecule has 3 rings (SSSR count). The largest absolute Gasteiger partial charge is 0.462 e. The lowest BCUT2D eigenvalue weighted by Crippen LogP contribution is -2.43. The number of nitrogens with one attached hydrogen (secondary N) is 2. The van der Waals surface area contributed by atoms with Crippen molar-refractivity contribution in [1.29, 1.82) is 0 Å². The number of amides is 2. The van der Waals surface area contributed by atoms with E-state index >= 15 is 0 Å². The minimum atomic E-state index is -0.362. The summed E-state index contributed by atoms with van der Waals surface area (Å²) in [4.78, 5) is 28.7. The molecule has 1 aliphatic heterocycles. The summed E-state index contributed by atoms with van der Waals surface area (Å²) in [5.74, 6) is 0.584. The van der Waals surface area contributed by atoms with Gasteiger partial charge >= 0.3 is 12.0 Å². The van der Waals surface area contributed by atoms with E-state index in [4.69, 9.17) is 4.74 Å². The highest BCUT2D eigenvalue weighted by molar-refractivity contribution is 7.18. The number of carbonyl (C=O) groups excluding carboxylic acids is 2. The number of hydrogen-bond donors (Lipinski definition) is 2. The molecule has 0 aromatic carbocycles. The fraction of sp³-hybridized carbons (Fsp3) is 0.467. The first-order valence-corrected chi connectivity index (χ1v) is 8.60. The maximum absolute atomic E-state index is 12.2. The summed E-state index contributed by atoms with van der Waals surface area (Å²) < 4.78 is 6.81. The Morgan fingerprint density at radius 1 is 1.50 bits per heavy atom. The van der Waals surface area contributed by atoms with Gasteiger partial charge in [0.05, 0.1) is 24.2 Å². The molecule has 3 heterocycles. The van der Waals surface area contributed by atoms with Gasteiger partial charge in [0.15, 0.2) is 0 Å². The molecular formula is C15H19N5O3S. The Balaban J connectivity index is 1.58. The average molecular weight is 349 g/mol. The molecule has 0 radical (unpaired) electrons. The van der Waals surface area contributed by atoms with Crippen LogP contribution in [0.3, 0.4) is 0 Å². The number of rotatable bonds is 4. The summed E-state index contributed by atoms with van der Waals surface area (Å²) >= 11 is 1.21. The molecule has 0 fully saturated rings. The van der Waals surface area contributed by atoms with Crippen molar-refractivity contribution in [2.24, 2.45) is 0 Å². The highest BCUT2D eigenvalue weighted by Gasteiger charge is 2.22. The van der Waals surface area contributed by atoms with Gasteiger partial charge in [0.25, 0.3) is 0 Å². The monoisotopic (exact) mass is 349 g/mol. The van der Waals surface area contributed by atoms with E-state index in [0.29, 0.717) is 23.0 Å². The van der Waals surface area contributed by atoms with Crippen molar-refractivity contribution in [1.82, 2.24) is 20.1 Å². The van der Waals surface area contributed by atoms with Crippen molar-refractivity contribution < 1.29 is 14.3 Å². The summed E-state index contributed by atoms with van der Waals surface area (Å²) in [6, 6.07) is 1.48. The third kappa shape index (κ3) is 3.56. The average Bonchev–Trinajstić information content (AvgIpc) is 3.13. The second kappa shape index (κ2) is 7.00. The van der Waals surface area contributed by atoms with E-state index in [-0.39, 0.29) is 18.0 Å². The summed E-state index contributed by atoms with van der Waals surface area (Å²) in [6.45, 7) is 4.52. The smallest absolute Gasteiger partial charge is 0.348 e. The molecule has 2 aromatic rings. The number of hydrogen-bond acceptors (Lipinski definition) is 6. The third-order valence-corrected chi connectivity index (χ3v) is 4.89. The molecule has 0 saturated heterocycles. The van der Waals surface area contributed by atoms with Crippen molar-refractivity contribution >= 4 is 28.3 Å². The molecule has 1 unspecified atom stereocenters. The van der Waals surface area contributed by atoms with Crippen molar-refractivity contribution in [3.8, 4) is 0 Å². The number of thiophene rings is 1. The van der Waals surface area contributed by atoms with Crippen LogP contribution in [0.1, 0.15) is 34.4 Å². The van der Waals surface area contributed by atoms with E-state index in [1.807, 2.05) is 11.6 Å². The second-order valence-electron chi connectivity index (χ2n) is 5.54. The first-order chi connectivity index (χ1) is 11.6. The van der Waals surface area contributed by atoms with Crippen LogP contribution < -0.4 is 10.6 Å². The van der Waals surface area contributed by atoms with Crippen molar-refractivity contribution in [2.45, 2.75) is 39.3 Å². The Morgan fingerprint density at radius 3 is 3.12 bits per heavy atom. The molecule has 0 aliphatic carbocycles. The van der Waals surface area contributed by atoms with Gasteiger partial charge < -0.3 is 10.1 Å². The van der Waals surface area contributed by atoms with Gasteiger partial charge in [-0.05, 0) is 31.9 Å². The SMILES string of the molecule is CCOC(=O)c1sc(NC(=O)NC2CCc3ncnn3C2)cc1C. The zero-order valence-electron chi connectivity index (χ0n) is 13.5. The van der Waals surface area contributed by atoms with Crippen LogP contribution in [0.25, 0.3) is 0 Å². The molecule has 0 saturated carbocycles. The maximum atomic E-state index is 12.2. The molecule has 8 nitrogen and oxygen atoms in total. The first-order valence-electron chi connectivity index (χ1n) is 7.78. The highest BCUT2D eigenvalue weighted by Crippen LogP contribution is 2.27. The number of nitrogens with zero attached hydrogens (tertiary/aromatic N) is 3. The molecule has 2 amide bonds. The van der Waals surface area contributed by atoms with Crippen molar-refractivity contribution in [3.05, 3.63) is 28.7 Å². The van der Waals surface area contributed by atoms with E-state index in [2.05, 4.69) is 20.7 Å². The van der Waals surface area contributed by atoms with Gasteiger partial charge in [0, 0.05) is 6.42 Å². The topological polar surface area (TPSA) is 98.1 Å². The van der Waals surface area contributed by atoms with Crippen molar-refractivity contribution in [2.75, 3.05) is 11.9 Å². The number of carbonyl (C=O) groups is 2. The van der Waals surface area contributed by atoms with Gasteiger partial charge in [-0.25, -0.2) is 19.3 Å². The number of ether oxygens (including phenoxy) is 1. The van der Waals surface area contributed by atoms with Crippen LogP contribution in [0.15, 0.2) is 12.4 Å². The number of esters is 1. The zero-order chi connectivity index (χ0) is 17.1. The highest BCUT2D eigenvalue weighted by atomic mass is 32.1. The van der Waals surface area contributed by atoms with Crippen LogP contribution in [0.4, 0.5) is 9.80 Å². The number of aryl methyl sites for hydroxylation is 2. The number of fused-ring (bicyclic) bond motifs is 1. The molecule has 2 N–H and O–H groups in total. The molecule has 128 valence electrons. The van der Waals surface area contributed by atoms with Gasteiger partial charge in [-0.2, -0.15) is 5.10 Å². The summed E-state index contributed by atoms with van der Waals surface area (Å²) in [5.41, 5.74) is 0.790. The van der Waals surface area contributed by atoms with E-state index in [1.54, 1.807) is 13.0 Å². The van der Waals surface area contributed by atoms with Crippen LogP contribution in [0.5, 0.6) is 0 Å². The number of aromatic nitrogens is 3. The number of urea groups is 1. The molecule has 1 atom stereocenters. The lowest BCUT2D eigenvalue weighted by atomic mass is 10.1. The Labute approximate surface area is 143 Å². The minimum Gasteiger partial charge on any atom is -0.462 e. The van der Waals surface area contributed by atoms with Gasteiger partial charge in [-0.15, -0.1) is 11.3 Å². The maximum Gasteiger partial charge on any atom is 0.348 e. The Morgan fingerprint density at radius 2 is 2.33 bits per heavy atom. The quantitative estimate of drug-likeness (QED) is 0.822. The predicted octanol–water partition coefficient (Wildman–Crippen LogP) is 1.96. The fourth-order valence-electron chi connectivity index (χ4n) is 2.63. The van der Waals surface area contributed by atoms with E-state index in [9.17, 15) is 9.59 Å². The molecule has 2 aromatic heterocycles. The van der Waals surface area contributed by atoms with Crippen LogP contribution in [-0.4, -0.2) is 39.4 Å². The summed E-state index contributed by atoms with van der Waals surface area (Å²) in [5, 5.41) is 10.5. The first kappa shape index (κ1) is 16.4. The van der Waals surface area contributed by atoms with Crippen LogP contribution in [-0.2, 0) is 17.7 Å². The van der Waals surface area contributed by atoms with Crippen LogP contribution in [0.2, 0.25) is 0 Å². The fourth-order valence-corrected chi connectivity index (χ4v) is 3.59. The van der Waals surface area contributed by atoms with Gasteiger partial charge in [-0.1, -0.05) is 0 Å². The number of anilines is 1. The lowest BCUT2D eigenvalue weighted by molar-refractivity contribution is 0.0531. The van der Waals surface area contributed by atoms with Gasteiger partial charge in [-0.3, -0.25) is 5.32 Å². The molecule has 24 heavy (non-hydrogen) atoms. The van der Waals surface area contributed by atoms with Crippen LogP contribution >= 0.6 is 11.3 Å². The lowest BCUT2D eigenvalue weighted by Gasteiger charge is -2.23. The molecule has 0 bridgehead atoms. The Kier molecular flexibility index (Phi) is 4.79. The Hall–Kier alpha value is -2.42. The van der Waals surface area contributed by atoms with Gasteiger partial charge in [0.2, 0.25) is 0 Å². The minimum absolute atomic E-state index is 0.00443. The molecule has 0 spiro atoms. The third-order valence-electron chi connectivity index (χ3n) is 3.76. The van der Waals surface area contributed by atoms with Crippen LogP contribution in [0, 0.1) is 6.92 Å². The Bertz CT molecular complexity index is 754. The summed E-state index contributed by atoms with van der Waals surface area (Å²) in [6.07, 6.45) is 3.14. The standard InChI is InChI=1S/C15H19N5O3S/c1-3-23-14(21)13-9(2)6-12(24-13)19-15(22)18-10-4-5-11-16-8-17-20(11)7-10/h6,8,10H,3-5,7H2,1-2H3,(H2,18,19,22).